The summed E-state index contributed by atoms with van der Waals surface area (Å²) in [6, 6.07) is 23.0. The standard InChI is InChI=1S/C17H19Si.2CH3.Li.Zn/c1-3-15(2)14-18(16-10-6-4-7-11-16)17-12-8-5-9-13-17;;;;/h3-13H,14H2,1-2H3;2*1H3;;/q3*-1;+1;+2/b15-3+;;;;. The van der Waals surface area contributed by atoms with Crippen molar-refractivity contribution in [3.8, 4) is 0 Å². The van der Waals surface area contributed by atoms with Crippen molar-refractivity contribution in [1.29, 1.82) is 0 Å². The van der Waals surface area contributed by atoms with Gasteiger partial charge in [0, 0.05) is 0 Å². The molecule has 22 heavy (non-hydrogen) atoms. The first-order chi connectivity index (χ1) is 8.81. The molecule has 0 saturated heterocycles. The fourth-order valence-electron chi connectivity index (χ4n) is 2.03. The summed E-state index contributed by atoms with van der Waals surface area (Å²) in [6.07, 6.45) is 2.23. The van der Waals surface area contributed by atoms with E-state index in [1.54, 1.807) is 0 Å². The van der Waals surface area contributed by atoms with Crippen LogP contribution < -0.4 is 29.2 Å². The van der Waals surface area contributed by atoms with Crippen LogP contribution in [0.1, 0.15) is 13.8 Å². The third-order valence-electron chi connectivity index (χ3n) is 3.19. The van der Waals surface area contributed by atoms with Crippen LogP contribution in [-0.2, 0) is 19.5 Å². The van der Waals surface area contributed by atoms with Gasteiger partial charge in [0.2, 0.25) is 0 Å². The van der Waals surface area contributed by atoms with E-state index in [0.717, 1.165) is 0 Å². The van der Waals surface area contributed by atoms with Gasteiger partial charge in [-0.3, -0.25) is 0 Å². The molecular formula is C19H25LiSiZn. The summed E-state index contributed by atoms with van der Waals surface area (Å²) in [5, 5.41) is 2.99. The Morgan fingerprint density at radius 3 is 1.55 bits per heavy atom. The molecule has 0 aliphatic rings. The Kier molecular flexibility index (Phi) is 17.1. The second-order valence-electron chi connectivity index (χ2n) is 4.52. The number of benzene rings is 2. The van der Waals surface area contributed by atoms with Gasteiger partial charge in [-0.05, 0) is 13.8 Å². The Morgan fingerprint density at radius 2 is 1.23 bits per heavy atom. The predicted octanol–water partition coefficient (Wildman–Crippen LogP) is 1.16. The molecule has 0 aromatic heterocycles. The molecule has 0 unspecified atom stereocenters. The first-order valence-corrected chi connectivity index (χ1v) is 8.10. The minimum Gasteiger partial charge on any atom is -0.358 e. The third-order valence-corrected chi connectivity index (χ3v) is 6.16. The summed E-state index contributed by atoms with van der Waals surface area (Å²) in [4.78, 5) is 0. The molecule has 3 heteroatoms. The molecule has 0 saturated carbocycles. The zero-order valence-electron chi connectivity index (χ0n) is 14.8. The minimum atomic E-state index is -0.679. The average molecular weight is 354 g/mol. The van der Waals surface area contributed by atoms with Crippen molar-refractivity contribution in [1.82, 2.24) is 0 Å². The summed E-state index contributed by atoms with van der Waals surface area (Å²) >= 11 is 0. The van der Waals surface area contributed by atoms with Crippen LogP contribution in [0.2, 0.25) is 6.04 Å². The maximum absolute atomic E-state index is 2.27. The van der Waals surface area contributed by atoms with Gasteiger partial charge in [0.15, 0.2) is 0 Å². The van der Waals surface area contributed by atoms with Gasteiger partial charge >= 0.3 is 38.3 Å². The van der Waals surface area contributed by atoms with E-state index >= 15 is 0 Å². The maximum atomic E-state index is 2.27. The Hall–Kier alpha value is -0.382. The normalized spacial score (nSPS) is 9.27. The molecule has 0 amide bonds. The van der Waals surface area contributed by atoms with E-state index in [1.807, 2.05) is 0 Å². The summed E-state index contributed by atoms with van der Waals surface area (Å²) in [5.41, 5.74) is 1.48. The Balaban J connectivity index is -0.000000902. The first-order valence-electron chi connectivity index (χ1n) is 6.39. The van der Waals surface area contributed by atoms with Crippen LogP contribution in [0.4, 0.5) is 0 Å². The van der Waals surface area contributed by atoms with Gasteiger partial charge in [0.05, 0.1) is 0 Å². The molecule has 2 rings (SSSR count). The zero-order valence-corrected chi connectivity index (χ0v) is 18.7. The minimum absolute atomic E-state index is 0. The van der Waals surface area contributed by atoms with Gasteiger partial charge < -0.3 is 14.9 Å². The molecule has 2 aromatic carbocycles. The molecule has 0 aliphatic heterocycles. The number of hydrogen-bond donors (Lipinski definition) is 0. The van der Waals surface area contributed by atoms with Crippen LogP contribution in [0.3, 0.4) is 0 Å². The van der Waals surface area contributed by atoms with E-state index in [2.05, 4.69) is 80.6 Å². The van der Waals surface area contributed by atoms with Crippen molar-refractivity contribution in [3.05, 3.63) is 87.2 Å². The average Bonchev–Trinajstić information content (AvgIpc) is 2.46. The molecule has 0 fully saturated rings. The van der Waals surface area contributed by atoms with Gasteiger partial charge in [-0.25, -0.2) is 8.80 Å². The molecule has 0 nitrogen and oxygen atoms in total. The van der Waals surface area contributed by atoms with E-state index in [9.17, 15) is 0 Å². The Labute approximate surface area is 164 Å². The zero-order chi connectivity index (χ0) is 12.8. The van der Waals surface area contributed by atoms with Crippen molar-refractivity contribution in [2.75, 3.05) is 0 Å². The molecule has 0 spiro atoms. The summed E-state index contributed by atoms with van der Waals surface area (Å²) in [7, 11) is -0.679. The SMILES string of the molecule is C/C=C(\C)C[Si-](c1ccccc1)c1ccccc1.[CH3-].[CH3-].[Li+].[Zn+2]. The molecule has 0 bridgehead atoms. The maximum Gasteiger partial charge on any atom is 2.00 e. The molecule has 0 heterocycles. The number of hydrogen-bond acceptors (Lipinski definition) is 0. The molecule has 0 N–H and O–H groups in total. The molecule has 108 valence electrons. The van der Waals surface area contributed by atoms with Gasteiger partial charge in [-0.2, -0.15) is 10.4 Å². The molecule has 2 aromatic rings. The molecular weight excluding hydrogens is 329 g/mol. The monoisotopic (exact) mass is 352 g/mol. The van der Waals surface area contributed by atoms with E-state index in [-0.39, 0.29) is 53.2 Å². The first kappa shape index (κ1) is 26.5. The smallest absolute Gasteiger partial charge is 0.358 e. The largest absolute Gasteiger partial charge is 2.00 e. The molecule has 0 radical (unpaired) electrons. The van der Waals surface area contributed by atoms with Crippen LogP contribution in [0, 0.1) is 14.9 Å². The van der Waals surface area contributed by atoms with Crippen molar-refractivity contribution >= 4 is 19.2 Å². The number of rotatable bonds is 4. The van der Waals surface area contributed by atoms with Gasteiger partial charge in [-0.15, -0.1) is 11.6 Å². The van der Waals surface area contributed by atoms with Crippen molar-refractivity contribution < 1.29 is 38.3 Å². The molecule has 0 atom stereocenters. The van der Waals surface area contributed by atoms with Gasteiger partial charge in [0.1, 0.15) is 0 Å². The van der Waals surface area contributed by atoms with E-state index < -0.39 is 8.80 Å². The van der Waals surface area contributed by atoms with Crippen LogP contribution in [0.25, 0.3) is 0 Å². The third kappa shape index (κ3) is 7.75. The number of allylic oxidation sites excluding steroid dienone is 2. The second-order valence-corrected chi connectivity index (χ2v) is 6.99. The van der Waals surface area contributed by atoms with E-state index in [0.29, 0.717) is 0 Å². The summed E-state index contributed by atoms with van der Waals surface area (Å²) in [5.74, 6) is 0. The second kappa shape index (κ2) is 14.2. The van der Waals surface area contributed by atoms with Gasteiger partial charge in [-0.1, -0.05) is 66.7 Å². The van der Waals surface area contributed by atoms with Crippen LogP contribution in [-0.4, -0.2) is 8.80 Å². The fraction of sp³-hybridized carbons (Fsp3) is 0.158. The van der Waals surface area contributed by atoms with Crippen molar-refractivity contribution in [3.63, 3.8) is 0 Å². The topological polar surface area (TPSA) is 0 Å². The van der Waals surface area contributed by atoms with Crippen molar-refractivity contribution in [2.45, 2.75) is 19.9 Å². The van der Waals surface area contributed by atoms with Crippen LogP contribution in [0.5, 0.6) is 0 Å². The van der Waals surface area contributed by atoms with Crippen LogP contribution in [0.15, 0.2) is 72.3 Å². The van der Waals surface area contributed by atoms with Crippen LogP contribution >= 0.6 is 0 Å². The Morgan fingerprint density at radius 1 is 0.864 bits per heavy atom. The molecule has 0 aliphatic carbocycles. The van der Waals surface area contributed by atoms with Crippen molar-refractivity contribution in [2.24, 2.45) is 0 Å². The van der Waals surface area contributed by atoms with Gasteiger partial charge in [0.25, 0.3) is 0 Å². The summed E-state index contributed by atoms with van der Waals surface area (Å²) in [6.45, 7) is 4.36. The predicted molar refractivity (Wildman–Crippen MR) is 95.0 cm³/mol. The van der Waals surface area contributed by atoms with E-state index in [1.165, 1.54) is 22.0 Å². The quantitative estimate of drug-likeness (QED) is 0.440. The van der Waals surface area contributed by atoms with E-state index in [4.69, 9.17) is 0 Å². The summed E-state index contributed by atoms with van der Waals surface area (Å²) < 4.78 is 0. The fourth-order valence-corrected chi connectivity index (χ4v) is 4.72. The Bertz CT molecular complexity index is 472.